The topological polar surface area (TPSA) is 44.5 Å². The van der Waals surface area contributed by atoms with E-state index >= 15 is 0 Å². The molecule has 21 heavy (non-hydrogen) atoms. The van der Waals surface area contributed by atoms with Crippen LogP contribution in [0, 0.1) is 5.92 Å². The normalized spacial score (nSPS) is 33.7. The Kier molecular flexibility index (Phi) is 5.19. The summed E-state index contributed by atoms with van der Waals surface area (Å²) in [6, 6.07) is 0.179. The van der Waals surface area contributed by atoms with Gasteiger partial charge in [-0.15, -0.1) is 0 Å². The lowest BCUT2D eigenvalue weighted by atomic mass is 9.69. The van der Waals surface area contributed by atoms with Crippen LogP contribution in [0.4, 0.5) is 0 Å². The predicted molar refractivity (Wildman–Crippen MR) is 88.8 cm³/mol. The summed E-state index contributed by atoms with van der Waals surface area (Å²) in [5.74, 6) is 3.06. The fraction of sp³-hybridized carbons (Fsp3) is 1.00. The van der Waals surface area contributed by atoms with Crippen molar-refractivity contribution in [2.24, 2.45) is 11.7 Å². The van der Waals surface area contributed by atoms with Crippen molar-refractivity contribution in [2.45, 2.75) is 75.0 Å². The highest BCUT2D eigenvalue weighted by Crippen LogP contribution is 2.44. The smallest absolute Gasteiger partial charge is 0.0831 e. The van der Waals surface area contributed by atoms with Crippen molar-refractivity contribution in [3.8, 4) is 0 Å². The van der Waals surface area contributed by atoms with Crippen LogP contribution in [0.15, 0.2) is 0 Å². The number of ether oxygens (including phenoxy) is 2. The van der Waals surface area contributed by atoms with Crippen molar-refractivity contribution in [1.82, 2.24) is 0 Å². The molecule has 0 aromatic carbocycles. The minimum Gasteiger partial charge on any atom is -0.377 e. The Morgan fingerprint density at radius 3 is 2.52 bits per heavy atom. The molecular weight excluding hydrogens is 282 g/mol. The van der Waals surface area contributed by atoms with Gasteiger partial charge in [0, 0.05) is 19.8 Å². The highest BCUT2D eigenvalue weighted by Gasteiger charge is 2.47. The Balaban J connectivity index is 1.69. The zero-order valence-corrected chi connectivity index (χ0v) is 14.3. The van der Waals surface area contributed by atoms with Crippen LogP contribution >= 0.6 is 11.8 Å². The van der Waals surface area contributed by atoms with E-state index in [-0.39, 0.29) is 17.2 Å². The molecule has 1 saturated carbocycles. The molecule has 3 nitrogen and oxygen atoms in total. The SMILES string of the molecule is COC1(C(N)C2CCOC3(CCSCC3)C2)CCCCC1. The van der Waals surface area contributed by atoms with Crippen LogP contribution in [0.25, 0.3) is 0 Å². The van der Waals surface area contributed by atoms with Crippen molar-refractivity contribution >= 4 is 11.8 Å². The fourth-order valence-electron chi connectivity index (χ4n) is 4.72. The van der Waals surface area contributed by atoms with E-state index < -0.39 is 0 Å². The van der Waals surface area contributed by atoms with Crippen LogP contribution in [0.3, 0.4) is 0 Å². The molecule has 2 heterocycles. The highest BCUT2D eigenvalue weighted by atomic mass is 32.2. The van der Waals surface area contributed by atoms with Crippen LogP contribution < -0.4 is 5.73 Å². The van der Waals surface area contributed by atoms with Gasteiger partial charge in [0.15, 0.2) is 0 Å². The van der Waals surface area contributed by atoms with Crippen LogP contribution in [0.5, 0.6) is 0 Å². The first-order chi connectivity index (χ1) is 10.2. The first-order valence-electron chi connectivity index (χ1n) is 8.72. The molecule has 3 fully saturated rings. The molecular formula is C17H31NO2S. The summed E-state index contributed by atoms with van der Waals surface area (Å²) in [5.41, 5.74) is 6.84. The molecule has 0 bridgehead atoms. The number of methoxy groups -OCH3 is 1. The molecule has 3 rings (SSSR count). The predicted octanol–water partition coefficient (Wildman–Crippen LogP) is 3.36. The Hall–Kier alpha value is 0.230. The van der Waals surface area contributed by atoms with E-state index in [1.807, 2.05) is 7.11 Å². The van der Waals surface area contributed by atoms with E-state index in [0.29, 0.717) is 5.92 Å². The first kappa shape index (κ1) is 16.1. The number of hydrogen-bond acceptors (Lipinski definition) is 4. The lowest BCUT2D eigenvalue weighted by Crippen LogP contribution is -2.57. The summed E-state index contributed by atoms with van der Waals surface area (Å²) in [6.45, 7) is 0.892. The summed E-state index contributed by atoms with van der Waals surface area (Å²) in [6.07, 6.45) is 10.9. The summed E-state index contributed by atoms with van der Waals surface area (Å²) in [5, 5.41) is 0. The molecule has 0 amide bonds. The fourth-order valence-corrected chi connectivity index (χ4v) is 5.95. The van der Waals surface area contributed by atoms with Crippen molar-refractivity contribution in [1.29, 1.82) is 0 Å². The van der Waals surface area contributed by atoms with Gasteiger partial charge in [-0.25, -0.2) is 0 Å². The van der Waals surface area contributed by atoms with Gasteiger partial charge in [-0.2, -0.15) is 11.8 Å². The molecule has 1 spiro atoms. The van der Waals surface area contributed by atoms with E-state index in [1.54, 1.807) is 0 Å². The van der Waals surface area contributed by atoms with Crippen molar-refractivity contribution in [3.63, 3.8) is 0 Å². The minimum atomic E-state index is -0.0646. The third kappa shape index (κ3) is 3.29. The standard InChI is InChI=1S/C17H31NO2S/c1-19-17(6-3-2-4-7-17)15(18)14-5-10-20-16(13-14)8-11-21-12-9-16/h14-15H,2-13,18H2,1H3. The van der Waals surface area contributed by atoms with Gasteiger partial charge in [-0.05, 0) is 55.9 Å². The maximum Gasteiger partial charge on any atom is 0.0831 e. The summed E-state index contributed by atoms with van der Waals surface area (Å²) in [4.78, 5) is 0. The second-order valence-electron chi connectivity index (χ2n) is 7.25. The number of rotatable bonds is 3. The van der Waals surface area contributed by atoms with Crippen LogP contribution in [-0.2, 0) is 9.47 Å². The molecule has 2 N–H and O–H groups in total. The average Bonchev–Trinajstić information content (AvgIpc) is 2.55. The molecule has 2 atom stereocenters. The lowest BCUT2D eigenvalue weighted by Gasteiger charge is -2.49. The van der Waals surface area contributed by atoms with Crippen molar-refractivity contribution < 1.29 is 9.47 Å². The molecule has 0 aromatic heterocycles. The van der Waals surface area contributed by atoms with Crippen LogP contribution in [-0.4, -0.2) is 42.5 Å². The molecule has 0 aromatic rings. The Labute approximate surface area is 133 Å². The summed E-state index contributed by atoms with van der Waals surface area (Å²) in [7, 11) is 1.87. The van der Waals surface area contributed by atoms with Gasteiger partial charge in [0.05, 0.1) is 11.2 Å². The van der Waals surface area contributed by atoms with E-state index in [1.165, 1.54) is 43.6 Å². The molecule has 1 aliphatic carbocycles. The lowest BCUT2D eigenvalue weighted by molar-refractivity contribution is -0.131. The second-order valence-corrected chi connectivity index (χ2v) is 8.48. The van der Waals surface area contributed by atoms with Gasteiger partial charge in [0.2, 0.25) is 0 Å². The van der Waals surface area contributed by atoms with Gasteiger partial charge in [-0.3, -0.25) is 0 Å². The first-order valence-corrected chi connectivity index (χ1v) is 9.88. The van der Waals surface area contributed by atoms with Gasteiger partial charge in [0.1, 0.15) is 0 Å². The molecule has 2 unspecified atom stereocenters. The van der Waals surface area contributed by atoms with Gasteiger partial charge in [0.25, 0.3) is 0 Å². The Bertz CT molecular complexity index is 332. The summed E-state index contributed by atoms with van der Waals surface area (Å²) >= 11 is 2.07. The average molecular weight is 314 g/mol. The van der Waals surface area contributed by atoms with Crippen molar-refractivity contribution in [2.75, 3.05) is 25.2 Å². The number of thioether (sulfide) groups is 1. The summed E-state index contributed by atoms with van der Waals surface area (Å²) < 4.78 is 12.2. The zero-order valence-electron chi connectivity index (χ0n) is 13.4. The quantitative estimate of drug-likeness (QED) is 0.868. The molecule has 122 valence electrons. The molecule has 2 saturated heterocycles. The monoisotopic (exact) mass is 313 g/mol. The largest absolute Gasteiger partial charge is 0.377 e. The van der Waals surface area contributed by atoms with E-state index in [4.69, 9.17) is 15.2 Å². The van der Waals surface area contributed by atoms with Gasteiger partial charge in [-0.1, -0.05) is 19.3 Å². The van der Waals surface area contributed by atoms with Gasteiger partial charge < -0.3 is 15.2 Å². The minimum absolute atomic E-state index is 0.0646. The number of hydrogen-bond donors (Lipinski definition) is 1. The Morgan fingerprint density at radius 2 is 1.86 bits per heavy atom. The maximum atomic E-state index is 6.77. The third-order valence-electron chi connectivity index (χ3n) is 6.16. The molecule has 2 aliphatic heterocycles. The van der Waals surface area contributed by atoms with Crippen LogP contribution in [0.2, 0.25) is 0 Å². The van der Waals surface area contributed by atoms with E-state index in [2.05, 4.69) is 11.8 Å². The Morgan fingerprint density at radius 1 is 1.14 bits per heavy atom. The van der Waals surface area contributed by atoms with Crippen molar-refractivity contribution in [3.05, 3.63) is 0 Å². The van der Waals surface area contributed by atoms with Gasteiger partial charge >= 0.3 is 0 Å². The second kappa shape index (κ2) is 6.77. The molecule has 3 aliphatic rings. The number of nitrogens with two attached hydrogens (primary N) is 1. The molecule has 0 radical (unpaired) electrons. The zero-order chi connectivity index (χ0) is 14.8. The highest BCUT2D eigenvalue weighted by molar-refractivity contribution is 7.99. The van der Waals surface area contributed by atoms with E-state index in [0.717, 1.165) is 32.3 Å². The van der Waals surface area contributed by atoms with Crippen LogP contribution in [0.1, 0.15) is 57.8 Å². The molecule has 4 heteroatoms. The third-order valence-corrected chi connectivity index (χ3v) is 7.14. The maximum absolute atomic E-state index is 6.77. The van der Waals surface area contributed by atoms with E-state index in [9.17, 15) is 0 Å².